The number of anilines is 1. The van der Waals surface area contributed by atoms with Crippen LogP contribution in [0.5, 0.6) is 0 Å². The Kier molecular flexibility index (Phi) is 3.53. The number of halogens is 1. The van der Waals surface area contributed by atoms with Crippen LogP contribution >= 0.6 is 11.6 Å². The van der Waals surface area contributed by atoms with Gasteiger partial charge in [-0.2, -0.15) is 0 Å². The Labute approximate surface area is 119 Å². The SMILES string of the molecule is Cc1c(Cl)cccc1NC(=O)C[C@@H]1C[C@H]2CC[C@@H]1C2. The van der Waals surface area contributed by atoms with Crippen molar-refractivity contribution < 1.29 is 4.79 Å². The van der Waals surface area contributed by atoms with E-state index in [0.29, 0.717) is 17.4 Å². The van der Waals surface area contributed by atoms with Crippen LogP contribution in [0.3, 0.4) is 0 Å². The summed E-state index contributed by atoms with van der Waals surface area (Å²) in [6, 6.07) is 5.64. The summed E-state index contributed by atoms with van der Waals surface area (Å²) in [5.41, 5.74) is 1.80. The predicted molar refractivity (Wildman–Crippen MR) is 78.4 cm³/mol. The number of amides is 1. The van der Waals surface area contributed by atoms with Crippen molar-refractivity contribution in [3.05, 3.63) is 28.8 Å². The average Bonchev–Trinajstić information content (AvgIpc) is 2.97. The second-order valence-corrected chi connectivity index (χ2v) is 6.51. The highest BCUT2D eigenvalue weighted by Crippen LogP contribution is 2.49. The Morgan fingerprint density at radius 3 is 2.89 bits per heavy atom. The number of fused-ring (bicyclic) bond motifs is 2. The maximum atomic E-state index is 12.2. The van der Waals surface area contributed by atoms with E-state index in [-0.39, 0.29) is 5.91 Å². The molecule has 1 amide bonds. The van der Waals surface area contributed by atoms with Crippen LogP contribution in [0.1, 0.15) is 37.7 Å². The fraction of sp³-hybridized carbons (Fsp3) is 0.562. The number of carbonyl (C=O) groups excluding carboxylic acids is 1. The van der Waals surface area contributed by atoms with Gasteiger partial charge in [-0.15, -0.1) is 0 Å². The van der Waals surface area contributed by atoms with Crippen LogP contribution in [0.15, 0.2) is 18.2 Å². The lowest BCUT2D eigenvalue weighted by Crippen LogP contribution is -2.20. The highest BCUT2D eigenvalue weighted by molar-refractivity contribution is 6.31. The van der Waals surface area contributed by atoms with Crippen LogP contribution in [0, 0.1) is 24.7 Å². The van der Waals surface area contributed by atoms with Crippen molar-refractivity contribution >= 4 is 23.2 Å². The molecule has 1 aromatic rings. The van der Waals surface area contributed by atoms with Crippen molar-refractivity contribution in [2.24, 2.45) is 17.8 Å². The molecule has 0 radical (unpaired) electrons. The summed E-state index contributed by atoms with van der Waals surface area (Å²) in [6.07, 6.45) is 6.00. The topological polar surface area (TPSA) is 29.1 Å². The van der Waals surface area contributed by atoms with E-state index in [1.165, 1.54) is 25.7 Å². The summed E-state index contributed by atoms with van der Waals surface area (Å²) in [4.78, 5) is 12.2. The molecule has 2 aliphatic carbocycles. The number of hydrogen-bond donors (Lipinski definition) is 1. The van der Waals surface area contributed by atoms with E-state index < -0.39 is 0 Å². The molecule has 2 fully saturated rings. The third-order valence-electron chi connectivity index (χ3n) is 4.87. The fourth-order valence-corrected chi connectivity index (χ4v) is 3.98. The predicted octanol–water partition coefficient (Wildman–Crippen LogP) is 4.41. The van der Waals surface area contributed by atoms with Gasteiger partial charge >= 0.3 is 0 Å². The van der Waals surface area contributed by atoms with Crippen LogP contribution in [-0.2, 0) is 4.79 Å². The molecule has 0 unspecified atom stereocenters. The van der Waals surface area contributed by atoms with Crippen LogP contribution in [0.4, 0.5) is 5.69 Å². The molecule has 102 valence electrons. The van der Waals surface area contributed by atoms with Crippen LogP contribution in [-0.4, -0.2) is 5.91 Å². The molecule has 3 rings (SSSR count). The molecule has 3 heteroatoms. The van der Waals surface area contributed by atoms with Crippen molar-refractivity contribution in [3.63, 3.8) is 0 Å². The third kappa shape index (κ3) is 2.64. The van der Waals surface area contributed by atoms with E-state index in [9.17, 15) is 4.79 Å². The number of nitrogens with one attached hydrogen (secondary N) is 1. The van der Waals surface area contributed by atoms with E-state index in [0.717, 1.165) is 23.1 Å². The molecule has 2 aliphatic rings. The van der Waals surface area contributed by atoms with E-state index >= 15 is 0 Å². The van der Waals surface area contributed by atoms with E-state index in [4.69, 9.17) is 11.6 Å². The lowest BCUT2D eigenvalue weighted by atomic mass is 9.86. The Balaban J connectivity index is 1.61. The van der Waals surface area contributed by atoms with Crippen LogP contribution in [0.2, 0.25) is 5.02 Å². The van der Waals surface area contributed by atoms with Crippen molar-refractivity contribution in [2.45, 2.75) is 39.0 Å². The van der Waals surface area contributed by atoms with E-state index in [1.807, 2.05) is 25.1 Å². The second-order valence-electron chi connectivity index (χ2n) is 6.10. The van der Waals surface area contributed by atoms with Gasteiger partial charge in [0.25, 0.3) is 0 Å². The highest BCUT2D eigenvalue weighted by Gasteiger charge is 2.40. The van der Waals surface area contributed by atoms with Crippen LogP contribution in [0.25, 0.3) is 0 Å². The smallest absolute Gasteiger partial charge is 0.224 e. The summed E-state index contributed by atoms with van der Waals surface area (Å²) in [5, 5.41) is 3.72. The van der Waals surface area contributed by atoms with Crippen molar-refractivity contribution in [3.8, 4) is 0 Å². The zero-order valence-electron chi connectivity index (χ0n) is 11.3. The Hall–Kier alpha value is -1.02. The molecule has 0 heterocycles. The van der Waals surface area contributed by atoms with Gasteiger partial charge in [0.15, 0.2) is 0 Å². The van der Waals surface area contributed by atoms with Gasteiger partial charge in [0, 0.05) is 17.1 Å². The Bertz CT molecular complexity index is 500. The van der Waals surface area contributed by atoms with Gasteiger partial charge in [-0.25, -0.2) is 0 Å². The molecule has 2 nitrogen and oxygen atoms in total. The van der Waals surface area contributed by atoms with Crippen molar-refractivity contribution in [1.29, 1.82) is 0 Å². The summed E-state index contributed by atoms with van der Waals surface area (Å²) < 4.78 is 0. The molecule has 0 aliphatic heterocycles. The number of benzene rings is 1. The zero-order valence-corrected chi connectivity index (χ0v) is 12.0. The Morgan fingerprint density at radius 1 is 1.37 bits per heavy atom. The lowest BCUT2D eigenvalue weighted by Gasteiger charge is -2.21. The van der Waals surface area contributed by atoms with Crippen LogP contribution < -0.4 is 5.32 Å². The first-order chi connectivity index (χ1) is 9.13. The maximum absolute atomic E-state index is 12.2. The molecule has 0 saturated heterocycles. The summed E-state index contributed by atoms with van der Waals surface area (Å²) >= 11 is 6.07. The zero-order chi connectivity index (χ0) is 13.4. The second kappa shape index (κ2) is 5.16. The molecular formula is C16H20ClNO. The van der Waals surface area contributed by atoms with Gasteiger partial charge < -0.3 is 5.32 Å². The molecule has 2 bridgehead atoms. The average molecular weight is 278 g/mol. The van der Waals surface area contributed by atoms with Gasteiger partial charge in [0.2, 0.25) is 5.91 Å². The fourth-order valence-electron chi connectivity index (χ4n) is 3.81. The first-order valence-corrected chi connectivity index (χ1v) is 7.56. The van der Waals surface area contributed by atoms with Gasteiger partial charge in [0.1, 0.15) is 0 Å². The number of rotatable bonds is 3. The van der Waals surface area contributed by atoms with Gasteiger partial charge in [-0.05, 0) is 61.6 Å². The normalized spacial score (nSPS) is 28.6. The molecule has 0 spiro atoms. The van der Waals surface area contributed by atoms with E-state index in [2.05, 4.69) is 5.32 Å². The van der Waals surface area contributed by atoms with Crippen molar-refractivity contribution in [1.82, 2.24) is 0 Å². The minimum absolute atomic E-state index is 0.142. The molecule has 1 N–H and O–H groups in total. The summed E-state index contributed by atoms with van der Waals surface area (Å²) in [5.74, 6) is 2.45. The molecule has 3 atom stereocenters. The maximum Gasteiger partial charge on any atom is 0.224 e. The molecule has 0 aromatic heterocycles. The highest BCUT2D eigenvalue weighted by atomic mass is 35.5. The largest absolute Gasteiger partial charge is 0.326 e. The monoisotopic (exact) mass is 277 g/mol. The van der Waals surface area contributed by atoms with Crippen molar-refractivity contribution in [2.75, 3.05) is 5.32 Å². The third-order valence-corrected chi connectivity index (χ3v) is 5.28. The standard InChI is InChI=1S/C16H20ClNO/c1-10-14(17)3-2-4-15(10)18-16(19)9-13-8-11-5-6-12(13)7-11/h2-4,11-13H,5-9H2,1H3,(H,18,19)/t11-,12+,13-/m0/s1. The quantitative estimate of drug-likeness (QED) is 0.871. The molecule has 1 aromatic carbocycles. The number of hydrogen-bond acceptors (Lipinski definition) is 1. The number of carbonyl (C=O) groups is 1. The summed E-state index contributed by atoms with van der Waals surface area (Å²) in [6.45, 7) is 1.94. The van der Waals surface area contributed by atoms with E-state index in [1.54, 1.807) is 0 Å². The minimum Gasteiger partial charge on any atom is -0.326 e. The molecule has 19 heavy (non-hydrogen) atoms. The lowest BCUT2D eigenvalue weighted by molar-refractivity contribution is -0.117. The minimum atomic E-state index is 0.142. The van der Waals surface area contributed by atoms with Gasteiger partial charge in [-0.1, -0.05) is 24.1 Å². The van der Waals surface area contributed by atoms with Gasteiger partial charge in [-0.3, -0.25) is 4.79 Å². The Morgan fingerprint density at radius 2 is 2.21 bits per heavy atom. The first-order valence-electron chi connectivity index (χ1n) is 7.18. The molecule has 2 saturated carbocycles. The van der Waals surface area contributed by atoms with Gasteiger partial charge in [0.05, 0.1) is 0 Å². The first kappa shape index (κ1) is 13.0. The summed E-state index contributed by atoms with van der Waals surface area (Å²) in [7, 11) is 0. The molecular weight excluding hydrogens is 258 g/mol.